The van der Waals surface area contributed by atoms with Crippen molar-refractivity contribution in [3.05, 3.63) is 35.9 Å². The lowest BCUT2D eigenvalue weighted by Gasteiger charge is -2.34. The van der Waals surface area contributed by atoms with Crippen molar-refractivity contribution in [2.24, 2.45) is 5.92 Å². The summed E-state index contributed by atoms with van der Waals surface area (Å²) < 4.78 is 5.66. The summed E-state index contributed by atoms with van der Waals surface area (Å²) in [4.78, 5) is 16.9. The van der Waals surface area contributed by atoms with Crippen LogP contribution in [-0.2, 0) is 16.1 Å². The van der Waals surface area contributed by atoms with Crippen molar-refractivity contribution < 1.29 is 9.53 Å². The molecule has 2 aliphatic rings. The van der Waals surface area contributed by atoms with Gasteiger partial charge in [0, 0.05) is 38.8 Å². The lowest BCUT2D eigenvalue weighted by molar-refractivity contribution is -0.149. The number of nitrogens with zero attached hydrogens (tertiary/aromatic N) is 2. The molecule has 0 aromatic heterocycles. The Bertz CT molecular complexity index is 489. The van der Waals surface area contributed by atoms with Crippen molar-refractivity contribution in [2.75, 3.05) is 26.2 Å². The van der Waals surface area contributed by atoms with Gasteiger partial charge in [0.1, 0.15) is 6.10 Å². The summed E-state index contributed by atoms with van der Waals surface area (Å²) in [6.07, 6.45) is -0.00360. The zero-order valence-corrected chi connectivity index (χ0v) is 12.9. The number of carbonyl (C=O) groups excluding carboxylic acids is 1. The number of ether oxygens (including phenoxy) is 1. The van der Waals surface area contributed by atoms with Gasteiger partial charge in [-0.15, -0.1) is 0 Å². The monoisotopic (exact) mass is 288 g/mol. The fraction of sp³-hybridized carbons (Fsp3) is 0.588. The average Bonchev–Trinajstić information content (AvgIpc) is 2.66. The van der Waals surface area contributed by atoms with Gasteiger partial charge < -0.3 is 4.74 Å². The summed E-state index contributed by atoms with van der Waals surface area (Å²) >= 11 is 0. The van der Waals surface area contributed by atoms with Crippen LogP contribution in [0.15, 0.2) is 30.3 Å². The van der Waals surface area contributed by atoms with Crippen LogP contribution < -0.4 is 0 Å². The van der Waals surface area contributed by atoms with Crippen LogP contribution in [0.3, 0.4) is 0 Å². The Hall–Kier alpha value is -1.39. The summed E-state index contributed by atoms with van der Waals surface area (Å²) in [5, 5.41) is 0. The van der Waals surface area contributed by atoms with E-state index in [9.17, 15) is 4.79 Å². The van der Waals surface area contributed by atoms with E-state index >= 15 is 0 Å². The van der Waals surface area contributed by atoms with Crippen molar-refractivity contribution in [1.29, 1.82) is 0 Å². The third-order valence-corrected chi connectivity index (χ3v) is 4.43. The molecule has 2 bridgehead atoms. The minimum Gasteiger partial charge on any atom is -0.459 e. The SMILES string of the molecule is CC(C)N1C[C@H]2CN(Cc3ccccc3)C[C@@H](C1)C(=O)O2. The summed E-state index contributed by atoms with van der Waals surface area (Å²) in [5.41, 5.74) is 1.30. The fourth-order valence-electron chi connectivity index (χ4n) is 3.29. The maximum Gasteiger partial charge on any atom is 0.311 e. The van der Waals surface area contributed by atoms with Crippen LogP contribution >= 0.6 is 0 Å². The van der Waals surface area contributed by atoms with E-state index in [0.717, 1.165) is 32.7 Å². The smallest absolute Gasteiger partial charge is 0.311 e. The second-order valence-corrected chi connectivity index (χ2v) is 6.48. The molecule has 0 saturated carbocycles. The van der Waals surface area contributed by atoms with Gasteiger partial charge in [-0.25, -0.2) is 0 Å². The van der Waals surface area contributed by atoms with E-state index in [-0.39, 0.29) is 18.0 Å². The summed E-state index contributed by atoms with van der Waals surface area (Å²) in [6, 6.07) is 10.9. The molecule has 0 spiro atoms. The van der Waals surface area contributed by atoms with Crippen molar-refractivity contribution >= 4 is 5.97 Å². The first-order valence-electron chi connectivity index (χ1n) is 7.82. The molecule has 2 fully saturated rings. The Labute approximate surface area is 126 Å². The largest absolute Gasteiger partial charge is 0.459 e. The predicted octanol–water partition coefficient (Wildman–Crippen LogP) is 1.75. The molecule has 2 aliphatic heterocycles. The van der Waals surface area contributed by atoms with E-state index in [1.807, 2.05) is 6.07 Å². The van der Waals surface area contributed by atoms with Crippen LogP contribution in [0.25, 0.3) is 0 Å². The summed E-state index contributed by atoms with van der Waals surface area (Å²) in [5.74, 6) is -0.0395. The third-order valence-electron chi connectivity index (χ3n) is 4.43. The van der Waals surface area contributed by atoms with Gasteiger partial charge in [0.25, 0.3) is 0 Å². The highest BCUT2D eigenvalue weighted by Gasteiger charge is 2.37. The van der Waals surface area contributed by atoms with E-state index in [1.54, 1.807) is 0 Å². The van der Waals surface area contributed by atoms with E-state index in [1.165, 1.54) is 5.56 Å². The van der Waals surface area contributed by atoms with Crippen molar-refractivity contribution in [2.45, 2.75) is 32.5 Å². The molecule has 21 heavy (non-hydrogen) atoms. The molecule has 0 N–H and O–H groups in total. The lowest BCUT2D eigenvalue weighted by Crippen LogP contribution is -2.47. The lowest BCUT2D eigenvalue weighted by atomic mass is 10.1. The Balaban J connectivity index is 1.73. The Morgan fingerprint density at radius 2 is 1.90 bits per heavy atom. The molecule has 0 unspecified atom stereocenters. The number of hydrogen-bond donors (Lipinski definition) is 0. The highest BCUT2D eigenvalue weighted by atomic mass is 16.5. The van der Waals surface area contributed by atoms with Gasteiger partial charge >= 0.3 is 5.97 Å². The number of esters is 1. The Kier molecular flexibility index (Phi) is 4.27. The molecular weight excluding hydrogens is 264 g/mol. The van der Waals surface area contributed by atoms with E-state index in [2.05, 4.69) is 47.9 Å². The normalized spacial score (nSPS) is 27.5. The third kappa shape index (κ3) is 3.44. The number of hydrogen-bond acceptors (Lipinski definition) is 4. The number of carbonyl (C=O) groups is 1. The molecule has 3 rings (SSSR count). The molecular formula is C17H24N2O2. The van der Waals surface area contributed by atoms with Crippen LogP contribution in [0.5, 0.6) is 0 Å². The van der Waals surface area contributed by atoms with Crippen molar-refractivity contribution in [1.82, 2.24) is 9.80 Å². The first kappa shape index (κ1) is 14.5. The van der Waals surface area contributed by atoms with E-state index in [4.69, 9.17) is 4.74 Å². The standard InChI is InChI=1S/C17H24N2O2/c1-13(2)19-10-15-9-18(8-14-6-4-3-5-7-14)11-16(12-19)21-17(15)20/h3-7,13,15-16H,8-12H2,1-2H3/t15-,16+/m0/s1. The van der Waals surface area contributed by atoms with Gasteiger partial charge in [0.15, 0.2) is 0 Å². The first-order chi connectivity index (χ1) is 10.1. The molecule has 4 nitrogen and oxygen atoms in total. The Morgan fingerprint density at radius 1 is 1.14 bits per heavy atom. The van der Waals surface area contributed by atoms with Crippen LogP contribution in [-0.4, -0.2) is 54.1 Å². The van der Waals surface area contributed by atoms with Crippen LogP contribution in [0, 0.1) is 5.92 Å². The Morgan fingerprint density at radius 3 is 2.62 bits per heavy atom. The molecule has 0 radical (unpaired) electrons. The maximum absolute atomic E-state index is 12.2. The second-order valence-electron chi connectivity index (χ2n) is 6.48. The minimum atomic E-state index is -0.0244. The quantitative estimate of drug-likeness (QED) is 0.793. The molecule has 0 aliphatic carbocycles. The summed E-state index contributed by atoms with van der Waals surface area (Å²) in [7, 11) is 0. The van der Waals surface area contributed by atoms with Gasteiger partial charge in [-0.2, -0.15) is 0 Å². The van der Waals surface area contributed by atoms with Crippen LogP contribution in [0.4, 0.5) is 0 Å². The van der Waals surface area contributed by atoms with Gasteiger partial charge in [-0.1, -0.05) is 30.3 Å². The molecule has 2 heterocycles. The highest BCUT2D eigenvalue weighted by Crippen LogP contribution is 2.22. The van der Waals surface area contributed by atoms with E-state index in [0.29, 0.717) is 6.04 Å². The second kappa shape index (κ2) is 6.16. The minimum absolute atomic E-state index is 0.00360. The van der Waals surface area contributed by atoms with Crippen LogP contribution in [0.2, 0.25) is 0 Å². The molecule has 1 aromatic carbocycles. The van der Waals surface area contributed by atoms with Crippen LogP contribution in [0.1, 0.15) is 19.4 Å². The topological polar surface area (TPSA) is 32.8 Å². The molecule has 4 heteroatoms. The molecule has 2 saturated heterocycles. The zero-order chi connectivity index (χ0) is 14.8. The van der Waals surface area contributed by atoms with Crippen molar-refractivity contribution in [3.63, 3.8) is 0 Å². The van der Waals surface area contributed by atoms with Crippen molar-refractivity contribution in [3.8, 4) is 0 Å². The first-order valence-corrected chi connectivity index (χ1v) is 7.82. The van der Waals surface area contributed by atoms with Gasteiger partial charge in [-0.3, -0.25) is 14.6 Å². The number of benzene rings is 1. The maximum atomic E-state index is 12.2. The average molecular weight is 288 g/mol. The highest BCUT2D eigenvalue weighted by molar-refractivity contribution is 5.73. The van der Waals surface area contributed by atoms with Gasteiger partial charge in [-0.05, 0) is 19.4 Å². The van der Waals surface area contributed by atoms with E-state index < -0.39 is 0 Å². The number of fused-ring (bicyclic) bond motifs is 3. The molecule has 2 atom stereocenters. The summed E-state index contributed by atoms with van der Waals surface area (Å²) in [6.45, 7) is 8.57. The van der Waals surface area contributed by atoms with Gasteiger partial charge in [0.05, 0.1) is 5.92 Å². The molecule has 0 amide bonds. The number of rotatable bonds is 3. The van der Waals surface area contributed by atoms with Gasteiger partial charge in [0.2, 0.25) is 0 Å². The fourth-order valence-corrected chi connectivity index (χ4v) is 3.29. The predicted molar refractivity (Wildman–Crippen MR) is 81.8 cm³/mol. The molecule has 1 aromatic rings. The zero-order valence-electron chi connectivity index (χ0n) is 12.9. The molecule has 114 valence electrons.